The van der Waals surface area contributed by atoms with Gasteiger partial charge in [0.05, 0.1) is 6.61 Å². The lowest BCUT2D eigenvalue weighted by molar-refractivity contribution is -0.132. The van der Waals surface area contributed by atoms with Gasteiger partial charge < -0.3 is 15.7 Å². The summed E-state index contributed by atoms with van der Waals surface area (Å²) in [7, 11) is 0. The van der Waals surface area contributed by atoms with Gasteiger partial charge in [0.1, 0.15) is 0 Å². The van der Waals surface area contributed by atoms with E-state index in [2.05, 4.69) is 4.90 Å². The van der Waals surface area contributed by atoms with Crippen molar-refractivity contribution in [1.82, 2.24) is 9.80 Å². The number of carbonyl (C=O) groups excluding carboxylic acids is 1. The summed E-state index contributed by atoms with van der Waals surface area (Å²) in [5.74, 6) is 0.142. The molecule has 5 nitrogen and oxygen atoms in total. The maximum absolute atomic E-state index is 12.0. The van der Waals surface area contributed by atoms with Crippen molar-refractivity contribution in [2.75, 3.05) is 39.3 Å². The van der Waals surface area contributed by atoms with E-state index in [1.54, 1.807) is 0 Å². The summed E-state index contributed by atoms with van der Waals surface area (Å²) in [6.45, 7) is 7.98. The van der Waals surface area contributed by atoms with E-state index < -0.39 is 5.54 Å². The molecule has 1 aliphatic rings. The van der Waals surface area contributed by atoms with Gasteiger partial charge in [-0.1, -0.05) is 0 Å². The predicted octanol–water partition coefficient (Wildman–Crippen LogP) is -0.360. The Balaban J connectivity index is 2.43. The smallest absolute Gasteiger partial charge is 0.224 e. The van der Waals surface area contributed by atoms with E-state index in [1.807, 2.05) is 18.7 Å². The molecule has 0 spiro atoms. The zero-order chi connectivity index (χ0) is 12.9. The SMILES string of the molecule is CC(C)(N)CC(=O)N1CCCN(CCO)CC1. The average molecular weight is 243 g/mol. The highest BCUT2D eigenvalue weighted by Crippen LogP contribution is 2.10. The van der Waals surface area contributed by atoms with Crippen molar-refractivity contribution in [2.45, 2.75) is 32.2 Å². The number of aliphatic hydroxyl groups is 1. The topological polar surface area (TPSA) is 69.8 Å². The van der Waals surface area contributed by atoms with Crippen molar-refractivity contribution < 1.29 is 9.90 Å². The van der Waals surface area contributed by atoms with Gasteiger partial charge in [0.15, 0.2) is 0 Å². The van der Waals surface area contributed by atoms with Gasteiger partial charge >= 0.3 is 0 Å². The van der Waals surface area contributed by atoms with Crippen LogP contribution >= 0.6 is 0 Å². The van der Waals surface area contributed by atoms with Crippen molar-refractivity contribution in [3.05, 3.63) is 0 Å². The molecule has 0 aromatic carbocycles. The second-order valence-electron chi connectivity index (χ2n) is 5.46. The van der Waals surface area contributed by atoms with Crippen molar-refractivity contribution >= 4 is 5.91 Å². The minimum atomic E-state index is -0.436. The second kappa shape index (κ2) is 6.33. The molecular formula is C12H25N3O2. The van der Waals surface area contributed by atoms with Gasteiger partial charge in [0.2, 0.25) is 5.91 Å². The van der Waals surface area contributed by atoms with Gasteiger partial charge in [-0.2, -0.15) is 0 Å². The van der Waals surface area contributed by atoms with E-state index in [9.17, 15) is 4.79 Å². The first-order valence-electron chi connectivity index (χ1n) is 6.32. The molecule has 1 heterocycles. The van der Waals surface area contributed by atoms with Crippen LogP contribution in [-0.2, 0) is 4.79 Å². The molecule has 0 aromatic rings. The zero-order valence-corrected chi connectivity index (χ0v) is 11.0. The third-order valence-electron chi connectivity index (χ3n) is 2.96. The van der Waals surface area contributed by atoms with Crippen molar-refractivity contribution in [3.63, 3.8) is 0 Å². The average Bonchev–Trinajstić information content (AvgIpc) is 2.41. The number of nitrogens with zero attached hydrogens (tertiary/aromatic N) is 2. The summed E-state index contributed by atoms with van der Waals surface area (Å²) in [6, 6.07) is 0. The first kappa shape index (κ1) is 14.4. The Hall–Kier alpha value is -0.650. The molecule has 0 aromatic heterocycles. The molecule has 0 saturated carbocycles. The van der Waals surface area contributed by atoms with Crippen LogP contribution in [0.5, 0.6) is 0 Å². The lowest BCUT2D eigenvalue weighted by Crippen LogP contribution is -2.42. The number of nitrogens with two attached hydrogens (primary N) is 1. The van der Waals surface area contributed by atoms with E-state index in [0.717, 1.165) is 32.6 Å². The quantitative estimate of drug-likeness (QED) is 0.707. The molecule has 0 unspecified atom stereocenters. The fourth-order valence-electron chi connectivity index (χ4n) is 2.09. The first-order chi connectivity index (χ1) is 7.92. The number of hydrogen-bond donors (Lipinski definition) is 2. The molecule has 1 amide bonds. The Labute approximate surface area is 104 Å². The molecule has 0 radical (unpaired) electrons. The number of hydrogen-bond acceptors (Lipinski definition) is 4. The monoisotopic (exact) mass is 243 g/mol. The number of amides is 1. The molecule has 3 N–H and O–H groups in total. The first-order valence-corrected chi connectivity index (χ1v) is 6.32. The number of carbonyl (C=O) groups is 1. The van der Waals surface area contributed by atoms with Gasteiger partial charge in [-0.25, -0.2) is 0 Å². The van der Waals surface area contributed by atoms with E-state index in [0.29, 0.717) is 13.0 Å². The van der Waals surface area contributed by atoms with Crippen LogP contribution in [-0.4, -0.2) is 65.7 Å². The van der Waals surface area contributed by atoms with E-state index in [1.165, 1.54) is 0 Å². The molecule has 1 aliphatic heterocycles. The van der Waals surface area contributed by atoms with Crippen LogP contribution in [0.15, 0.2) is 0 Å². The maximum atomic E-state index is 12.0. The van der Waals surface area contributed by atoms with Gasteiger partial charge in [0.25, 0.3) is 0 Å². The van der Waals surface area contributed by atoms with Crippen LogP contribution in [0.2, 0.25) is 0 Å². The Kier molecular flexibility index (Phi) is 5.36. The fourth-order valence-corrected chi connectivity index (χ4v) is 2.09. The molecule has 1 fully saturated rings. The van der Waals surface area contributed by atoms with Crippen molar-refractivity contribution in [2.24, 2.45) is 5.73 Å². The number of aliphatic hydroxyl groups excluding tert-OH is 1. The summed E-state index contributed by atoms with van der Waals surface area (Å²) in [4.78, 5) is 16.1. The minimum absolute atomic E-state index is 0.142. The molecule has 17 heavy (non-hydrogen) atoms. The lowest BCUT2D eigenvalue weighted by atomic mass is 10.0. The fraction of sp³-hybridized carbons (Fsp3) is 0.917. The van der Waals surface area contributed by atoms with Crippen LogP contribution in [0.3, 0.4) is 0 Å². The number of rotatable bonds is 4. The minimum Gasteiger partial charge on any atom is -0.395 e. The zero-order valence-electron chi connectivity index (χ0n) is 11.0. The van der Waals surface area contributed by atoms with Crippen molar-refractivity contribution in [1.29, 1.82) is 0 Å². The normalized spacial score (nSPS) is 19.2. The summed E-state index contributed by atoms with van der Waals surface area (Å²) >= 11 is 0. The summed E-state index contributed by atoms with van der Waals surface area (Å²) in [5.41, 5.74) is 5.43. The highest BCUT2D eigenvalue weighted by molar-refractivity contribution is 5.77. The Morgan fingerprint density at radius 1 is 1.29 bits per heavy atom. The summed E-state index contributed by atoms with van der Waals surface area (Å²) in [6.07, 6.45) is 1.36. The van der Waals surface area contributed by atoms with Crippen LogP contribution < -0.4 is 5.73 Å². The predicted molar refractivity (Wildman–Crippen MR) is 67.6 cm³/mol. The van der Waals surface area contributed by atoms with E-state index in [4.69, 9.17) is 10.8 Å². The molecule has 100 valence electrons. The van der Waals surface area contributed by atoms with Gasteiger partial charge in [-0.15, -0.1) is 0 Å². The molecule has 0 atom stereocenters. The largest absolute Gasteiger partial charge is 0.395 e. The molecule has 5 heteroatoms. The van der Waals surface area contributed by atoms with Crippen molar-refractivity contribution in [3.8, 4) is 0 Å². The van der Waals surface area contributed by atoms with Crippen LogP contribution in [0.25, 0.3) is 0 Å². The highest BCUT2D eigenvalue weighted by Gasteiger charge is 2.23. The van der Waals surface area contributed by atoms with Gasteiger partial charge in [-0.05, 0) is 26.8 Å². The Morgan fingerprint density at radius 2 is 2.00 bits per heavy atom. The summed E-state index contributed by atoms with van der Waals surface area (Å²) in [5, 5.41) is 8.90. The molecule has 1 rings (SSSR count). The Bertz CT molecular complexity index is 251. The van der Waals surface area contributed by atoms with Gasteiger partial charge in [-0.3, -0.25) is 9.69 Å². The standard InChI is InChI=1S/C12H25N3O2/c1-12(2,13)10-11(17)15-5-3-4-14(6-7-15)8-9-16/h16H,3-10,13H2,1-2H3. The van der Waals surface area contributed by atoms with E-state index >= 15 is 0 Å². The molecule has 0 aliphatic carbocycles. The lowest BCUT2D eigenvalue weighted by Gasteiger charge is -2.25. The second-order valence-corrected chi connectivity index (χ2v) is 5.46. The summed E-state index contributed by atoms with van der Waals surface area (Å²) < 4.78 is 0. The van der Waals surface area contributed by atoms with Crippen LogP contribution in [0.4, 0.5) is 0 Å². The third-order valence-corrected chi connectivity index (χ3v) is 2.96. The highest BCUT2D eigenvalue weighted by atomic mass is 16.3. The molecule has 0 bridgehead atoms. The Morgan fingerprint density at radius 3 is 2.59 bits per heavy atom. The third kappa shape index (κ3) is 5.48. The van der Waals surface area contributed by atoms with E-state index in [-0.39, 0.29) is 12.5 Å². The van der Waals surface area contributed by atoms with Crippen LogP contribution in [0.1, 0.15) is 26.7 Å². The number of β-amino-alcohol motifs (C(OH)–C–C–N with tert-alkyl or cyclic N) is 1. The molecular weight excluding hydrogens is 218 g/mol. The van der Waals surface area contributed by atoms with Gasteiger partial charge in [0, 0.05) is 38.1 Å². The molecule has 1 saturated heterocycles. The van der Waals surface area contributed by atoms with Crippen LogP contribution in [0, 0.1) is 0 Å². The maximum Gasteiger partial charge on any atom is 0.224 e.